The van der Waals surface area contributed by atoms with Gasteiger partial charge in [-0.3, -0.25) is 4.79 Å². The number of hydrogen-bond donors (Lipinski definition) is 1. The van der Waals surface area contributed by atoms with Gasteiger partial charge in [0, 0.05) is 25.6 Å². The van der Waals surface area contributed by atoms with Crippen molar-refractivity contribution in [2.45, 2.75) is 45.1 Å². The van der Waals surface area contributed by atoms with Crippen LogP contribution in [-0.2, 0) is 4.79 Å². The maximum atomic E-state index is 12.0. The highest BCUT2D eigenvalue weighted by Crippen LogP contribution is 2.29. The minimum atomic E-state index is 0.351. The van der Waals surface area contributed by atoms with E-state index in [4.69, 9.17) is 0 Å². The summed E-state index contributed by atoms with van der Waals surface area (Å²) in [6.45, 7) is 5.05. The molecule has 1 N–H and O–H groups in total. The lowest BCUT2D eigenvalue weighted by Gasteiger charge is -2.22. The van der Waals surface area contributed by atoms with E-state index in [1.807, 2.05) is 4.90 Å². The molecule has 1 amide bonds. The zero-order chi connectivity index (χ0) is 10.7. The molecule has 3 nitrogen and oxygen atoms in total. The van der Waals surface area contributed by atoms with Gasteiger partial charge in [-0.05, 0) is 45.1 Å². The lowest BCUT2D eigenvalue weighted by atomic mass is 10.1. The molecule has 15 heavy (non-hydrogen) atoms. The molecule has 2 rings (SSSR count). The van der Waals surface area contributed by atoms with E-state index in [1.54, 1.807) is 0 Å². The lowest BCUT2D eigenvalue weighted by Crippen LogP contribution is -2.37. The molecule has 1 atom stereocenters. The van der Waals surface area contributed by atoms with E-state index in [9.17, 15) is 4.79 Å². The molecule has 0 radical (unpaired) electrons. The Labute approximate surface area is 92.2 Å². The molecule has 3 heteroatoms. The van der Waals surface area contributed by atoms with Crippen LogP contribution in [0.15, 0.2) is 0 Å². The van der Waals surface area contributed by atoms with Gasteiger partial charge < -0.3 is 10.2 Å². The monoisotopic (exact) mass is 210 g/mol. The van der Waals surface area contributed by atoms with E-state index in [-0.39, 0.29) is 0 Å². The summed E-state index contributed by atoms with van der Waals surface area (Å²) < 4.78 is 0. The Hall–Kier alpha value is -0.570. The molecule has 1 aliphatic heterocycles. The van der Waals surface area contributed by atoms with Gasteiger partial charge in [0.05, 0.1) is 0 Å². The molecule has 2 aliphatic rings. The molecule has 1 aliphatic carbocycles. The first-order chi connectivity index (χ1) is 7.29. The van der Waals surface area contributed by atoms with Gasteiger partial charge in [0.15, 0.2) is 0 Å². The normalized spacial score (nSPS) is 25.5. The fourth-order valence-corrected chi connectivity index (χ4v) is 2.29. The Morgan fingerprint density at radius 1 is 1.40 bits per heavy atom. The van der Waals surface area contributed by atoms with E-state index in [0.29, 0.717) is 18.4 Å². The standard InChI is InChI=1S/C12H22N2O/c1-2-14(9-10-5-6-10)12(15)8-11-4-3-7-13-11/h10-11,13H,2-9H2,1H3. The van der Waals surface area contributed by atoms with Crippen LogP contribution in [0.1, 0.15) is 39.0 Å². The molecular weight excluding hydrogens is 188 g/mol. The zero-order valence-corrected chi connectivity index (χ0v) is 9.67. The molecule has 0 aromatic heterocycles. The summed E-state index contributed by atoms with van der Waals surface area (Å²) >= 11 is 0. The predicted molar refractivity (Wildman–Crippen MR) is 60.6 cm³/mol. The number of nitrogens with zero attached hydrogens (tertiary/aromatic N) is 1. The molecule has 1 unspecified atom stereocenters. The smallest absolute Gasteiger partial charge is 0.224 e. The summed E-state index contributed by atoms with van der Waals surface area (Å²) in [6.07, 6.45) is 5.76. The molecule has 0 bridgehead atoms. The first-order valence-corrected chi connectivity index (χ1v) is 6.30. The summed E-state index contributed by atoms with van der Waals surface area (Å²) in [5, 5.41) is 3.39. The van der Waals surface area contributed by atoms with Crippen LogP contribution in [-0.4, -0.2) is 36.5 Å². The first kappa shape index (κ1) is 10.9. The van der Waals surface area contributed by atoms with Crippen LogP contribution >= 0.6 is 0 Å². The lowest BCUT2D eigenvalue weighted by molar-refractivity contribution is -0.131. The highest BCUT2D eigenvalue weighted by Gasteiger charge is 2.27. The van der Waals surface area contributed by atoms with Crippen LogP contribution in [0, 0.1) is 5.92 Å². The largest absolute Gasteiger partial charge is 0.343 e. The third-order valence-electron chi connectivity index (χ3n) is 3.49. The Bertz CT molecular complexity index is 220. The number of hydrogen-bond acceptors (Lipinski definition) is 2. The number of amides is 1. The van der Waals surface area contributed by atoms with Crippen molar-refractivity contribution in [3.05, 3.63) is 0 Å². The highest BCUT2D eigenvalue weighted by molar-refractivity contribution is 5.76. The van der Waals surface area contributed by atoms with Gasteiger partial charge >= 0.3 is 0 Å². The quantitative estimate of drug-likeness (QED) is 0.743. The predicted octanol–water partition coefficient (Wildman–Crippen LogP) is 1.39. The van der Waals surface area contributed by atoms with Crippen LogP contribution in [0.4, 0.5) is 0 Å². The van der Waals surface area contributed by atoms with Crippen LogP contribution in [0.5, 0.6) is 0 Å². The minimum Gasteiger partial charge on any atom is -0.343 e. The molecule has 86 valence electrons. The number of nitrogens with one attached hydrogen (secondary N) is 1. The van der Waals surface area contributed by atoms with Crippen molar-refractivity contribution in [2.24, 2.45) is 5.92 Å². The Balaban J connectivity index is 1.75. The van der Waals surface area contributed by atoms with E-state index in [1.165, 1.54) is 25.7 Å². The van der Waals surface area contributed by atoms with Gasteiger partial charge in [0.25, 0.3) is 0 Å². The van der Waals surface area contributed by atoms with E-state index < -0.39 is 0 Å². The average Bonchev–Trinajstić information content (AvgIpc) is 2.91. The Kier molecular flexibility index (Phi) is 3.62. The van der Waals surface area contributed by atoms with Crippen LogP contribution < -0.4 is 5.32 Å². The molecule has 2 fully saturated rings. The van der Waals surface area contributed by atoms with Crippen LogP contribution in [0.25, 0.3) is 0 Å². The molecule has 0 aromatic carbocycles. The SMILES string of the molecule is CCN(CC1CC1)C(=O)CC1CCCN1. The fourth-order valence-electron chi connectivity index (χ4n) is 2.29. The van der Waals surface area contributed by atoms with E-state index in [2.05, 4.69) is 12.2 Å². The Morgan fingerprint density at radius 2 is 2.20 bits per heavy atom. The van der Waals surface area contributed by atoms with Crippen molar-refractivity contribution in [3.8, 4) is 0 Å². The summed E-state index contributed by atoms with van der Waals surface area (Å²) in [5.74, 6) is 1.16. The highest BCUT2D eigenvalue weighted by atomic mass is 16.2. The number of rotatable bonds is 5. The van der Waals surface area contributed by atoms with Gasteiger partial charge in [-0.25, -0.2) is 0 Å². The van der Waals surface area contributed by atoms with Crippen molar-refractivity contribution in [3.63, 3.8) is 0 Å². The van der Waals surface area contributed by atoms with Gasteiger partial charge in [0.2, 0.25) is 5.91 Å². The second kappa shape index (κ2) is 4.97. The van der Waals surface area contributed by atoms with Gasteiger partial charge in [-0.1, -0.05) is 0 Å². The molecule has 0 aromatic rings. The second-order valence-corrected chi connectivity index (χ2v) is 4.87. The van der Waals surface area contributed by atoms with Crippen LogP contribution in [0.3, 0.4) is 0 Å². The summed E-state index contributed by atoms with van der Waals surface area (Å²) in [7, 11) is 0. The third kappa shape index (κ3) is 3.20. The van der Waals surface area contributed by atoms with Crippen molar-refractivity contribution < 1.29 is 4.79 Å². The molecular formula is C12H22N2O. The van der Waals surface area contributed by atoms with Crippen LogP contribution in [0.2, 0.25) is 0 Å². The van der Waals surface area contributed by atoms with Crippen molar-refractivity contribution in [2.75, 3.05) is 19.6 Å². The molecule has 1 saturated carbocycles. The second-order valence-electron chi connectivity index (χ2n) is 4.87. The third-order valence-corrected chi connectivity index (χ3v) is 3.49. The van der Waals surface area contributed by atoms with Gasteiger partial charge in [0.1, 0.15) is 0 Å². The Morgan fingerprint density at radius 3 is 2.73 bits per heavy atom. The molecule has 0 spiro atoms. The van der Waals surface area contributed by atoms with E-state index in [0.717, 1.165) is 25.6 Å². The molecule has 1 saturated heterocycles. The van der Waals surface area contributed by atoms with Crippen molar-refractivity contribution >= 4 is 5.91 Å². The van der Waals surface area contributed by atoms with Gasteiger partial charge in [-0.15, -0.1) is 0 Å². The zero-order valence-electron chi connectivity index (χ0n) is 9.67. The maximum Gasteiger partial charge on any atom is 0.224 e. The molecule has 1 heterocycles. The van der Waals surface area contributed by atoms with E-state index >= 15 is 0 Å². The van der Waals surface area contributed by atoms with Crippen molar-refractivity contribution in [1.29, 1.82) is 0 Å². The summed E-state index contributed by atoms with van der Waals surface area (Å²) in [6, 6.07) is 0.450. The summed E-state index contributed by atoms with van der Waals surface area (Å²) in [5.41, 5.74) is 0. The number of carbonyl (C=O) groups excluding carboxylic acids is 1. The first-order valence-electron chi connectivity index (χ1n) is 6.30. The average molecular weight is 210 g/mol. The number of carbonyl (C=O) groups is 1. The maximum absolute atomic E-state index is 12.0. The van der Waals surface area contributed by atoms with Gasteiger partial charge in [-0.2, -0.15) is 0 Å². The topological polar surface area (TPSA) is 32.3 Å². The summed E-state index contributed by atoms with van der Waals surface area (Å²) in [4.78, 5) is 14.0. The van der Waals surface area contributed by atoms with Crippen molar-refractivity contribution in [1.82, 2.24) is 10.2 Å². The fraction of sp³-hybridized carbons (Fsp3) is 0.917. The minimum absolute atomic E-state index is 0.351.